The van der Waals surface area contributed by atoms with Crippen molar-refractivity contribution in [3.8, 4) is 27.9 Å². The van der Waals surface area contributed by atoms with Gasteiger partial charge in [-0.1, -0.05) is 133 Å². The van der Waals surface area contributed by atoms with Gasteiger partial charge in [-0.25, -0.2) is 0 Å². The fraction of sp³-hybridized carbons (Fsp3) is 0.0444. The van der Waals surface area contributed by atoms with Crippen molar-refractivity contribution >= 4 is 50.0 Å². The Morgan fingerprint density at radius 1 is 0.551 bits per heavy atom. The molecule has 0 amide bonds. The van der Waals surface area contributed by atoms with Crippen molar-refractivity contribution in [1.82, 2.24) is 9.88 Å². The number of para-hydroxylation sites is 3. The lowest BCUT2D eigenvalue weighted by atomic mass is 9.99. The third-order valence-electron chi connectivity index (χ3n) is 9.48. The second-order valence-electron chi connectivity index (χ2n) is 12.4. The third-order valence-corrected chi connectivity index (χ3v) is 9.48. The second-order valence-corrected chi connectivity index (χ2v) is 12.4. The summed E-state index contributed by atoms with van der Waals surface area (Å²) in [6.45, 7) is 0. The second kappa shape index (κ2) is 12.1. The summed E-state index contributed by atoms with van der Waals surface area (Å²) in [5.41, 5.74) is 11.9. The van der Waals surface area contributed by atoms with E-state index in [-0.39, 0.29) is 6.17 Å². The van der Waals surface area contributed by atoms with Crippen LogP contribution in [-0.4, -0.2) is 17.8 Å². The number of nitrogens with one attached hydrogen (secondary N) is 1. The van der Waals surface area contributed by atoms with Gasteiger partial charge in [-0.15, -0.1) is 0 Å². The smallest absolute Gasteiger partial charge is 0.143 e. The topological polar surface area (TPSA) is 42.5 Å². The average molecular weight is 632 g/mol. The number of hydrogen-bond acceptors (Lipinski definition) is 3. The summed E-state index contributed by atoms with van der Waals surface area (Å²) in [5, 5.41) is 8.04. The van der Waals surface area contributed by atoms with Gasteiger partial charge in [0.25, 0.3) is 0 Å². The largest absolute Gasteiger partial charge is 0.455 e. The van der Waals surface area contributed by atoms with Gasteiger partial charge in [-0.05, 0) is 59.6 Å². The first-order valence-corrected chi connectivity index (χ1v) is 16.7. The predicted octanol–water partition coefficient (Wildman–Crippen LogP) is 11.4. The van der Waals surface area contributed by atoms with Crippen molar-refractivity contribution in [1.29, 1.82) is 0 Å². The molecular formula is C45H33N3O. The maximum atomic E-state index is 6.77. The molecule has 4 nitrogen and oxygen atoms in total. The Morgan fingerprint density at radius 2 is 1.18 bits per heavy atom. The number of nitrogens with zero attached hydrogens (tertiary/aromatic N) is 2. The van der Waals surface area contributed by atoms with Crippen LogP contribution in [0.2, 0.25) is 0 Å². The van der Waals surface area contributed by atoms with E-state index in [0.717, 1.165) is 72.0 Å². The number of rotatable bonds is 7. The van der Waals surface area contributed by atoms with Crippen LogP contribution in [0.3, 0.4) is 0 Å². The van der Waals surface area contributed by atoms with Crippen molar-refractivity contribution in [2.45, 2.75) is 6.17 Å². The minimum atomic E-state index is -0.174. The standard InChI is InChI=1S/C45H33N3O/c1-46-45(47-29-30-13-4-2-5-14-30)33-17-10-18-34(27-33)48-41-24-9-8-19-37(41)40-28-32(25-26-42(40)48)36-21-12-23-39-38-22-11-20-35(43(38)49-44(36)39)31-15-6-3-7-16-31/h2-29,45-46H,1H3. The Labute approximate surface area is 284 Å². The molecule has 0 spiro atoms. The zero-order valence-corrected chi connectivity index (χ0v) is 27.0. The van der Waals surface area contributed by atoms with Crippen LogP contribution in [0, 0.1) is 0 Å². The Bertz CT molecular complexity index is 2650. The molecule has 7 aromatic carbocycles. The van der Waals surface area contributed by atoms with Gasteiger partial charge in [-0.2, -0.15) is 0 Å². The monoisotopic (exact) mass is 631 g/mol. The SMILES string of the molecule is CNC(N=Cc1ccccc1)c1cccc(-n2c3ccccc3c3cc(-c4cccc5c4oc4c(-c6ccccc6)cccc45)ccc32)c1. The molecule has 1 unspecified atom stereocenters. The summed E-state index contributed by atoms with van der Waals surface area (Å²) < 4.78 is 9.13. The average Bonchev–Trinajstić information content (AvgIpc) is 3.72. The van der Waals surface area contributed by atoms with Crippen LogP contribution in [0.4, 0.5) is 0 Å². The molecule has 1 N–H and O–H groups in total. The van der Waals surface area contributed by atoms with Crippen LogP contribution >= 0.6 is 0 Å². The molecule has 2 heterocycles. The number of hydrogen-bond donors (Lipinski definition) is 1. The van der Waals surface area contributed by atoms with Crippen LogP contribution in [0.5, 0.6) is 0 Å². The molecule has 0 aliphatic rings. The maximum absolute atomic E-state index is 6.77. The minimum absolute atomic E-state index is 0.174. The molecule has 4 heteroatoms. The fourth-order valence-electron chi connectivity index (χ4n) is 7.17. The van der Waals surface area contributed by atoms with Crippen molar-refractivity contribution in [2.24, 2.45) is 4.99 Å². The van der Waals surface area contributed by atoms with Gasteiger partial charge in [0.15, 0.2) is 0 Å². The Kier molecular flexibility index (Phi) is 7.15. The van der Waals surface area contributed by atoms with E-state index < -0.39 is 0 Å². The first kappa shape index (κ1) is 29.0. The van der Waals surface area contributed by atoms with E-state index in [2.05, 4.69) is 149 Å². The van der Waals surface area contributed by atoms with Crippen LogP contribution in [0.15, 0.2) is 173 Å². The number of aromatic nitrogens is 1. The van der Waals surface area contributed by atoms with Gasteiger partial charge in [0.05, 0.1) is 11.0 Å². The molecule has 0 fully saturated rings. The van der Waals surface area contributed by atoms with E-state index in [1.807, 2.05) is 37.5 Å². The summed E-state index contributed by atoms with van der Waals surface area (Å²) in [4.78, 5) is 4.88. The van der Waals surface area contributed by atoms with E-state index >= 15 is 0 Å². The molecule has 234 valence electrons. The lowest BCUT2D eigenvalue weighted by Gasteiger charge is -2.15. The van der Waals surface area contributed by atoms with E-state index in [1.54, 1.807) is 0 Å². The predicted molar refractivity (Wildman–Crippen MR) is 205 cm³/mol. The van der Waals surface area contributed by atoms with Crippen molar-refractivity contribution < 1.29 is 4.42 Å². The highest BCUT2D eigenvalue weighted by atomic mass is 16.3. The highest BCUT2D eigenvalue weighted by molar-refractivity contribution is 6.15. The normalized spacial score (nSPS) is 12.5. The zero-order chi connectivity index (χ0) is 32.7. The Hall–Kier alpha value is -6.23. The van der Waals surface area contributed by atoms with Crippen molar-refractivity contribution in [2.75, 3.05) is 7.05 Å². The summed E-state index contributed by atoms with van der Waals surface area (Å²) in [7, 11) is 1.95. The highest BCUT2D eigenvalue weighted by Gasteiger charge is 2.18. The van der Waals surface area contributed by atoms with Gasteiger partial charge in [-0.3, -0.25) is 10.3 Å². The minimum Gasteiger partial charge on any atom is -0.455 e. The van der Waals surface area contributed by atoms with Crippen LogP contribution in [-0.2, 0) is 0 Å². The number of fused-ring (bicyclic) bond motifs is 6. The molecule has 49 heavy (non-hydrogen) atoms. The van der Waals surface area contributed by atoms with Crippen LogP contribution in [0.1, 0.15) is 17.3 Å². The molecule has 1 atom stereocenters. The molecule has 0 aliphatic carbocycles. The lowest BCUT2D eigenvalue weighted by molar-refractivity contribution is 0.627. The Morgan fingerprint density at radius 3 is 1.94 bits per heavy atom. The molecule has 0 aliphatic heterocycles. The summed E-state index contributed by atoms with van der Waals surface area (Å²) in [5.74, 6) is 0. The molecule has 0 saturated heterocycles. The highest BCUT2D eigenvalue weighted by Crippen LogP contribution is 2.41. The van der Waals surface area contributed by atoms with E-state index in [9.17, 15) is 0 Å². The van der Waals surface area contributed by atoms with Gasteiger partial charge in [0.2, 0.25) is 0 Å². The fourth-order valence-corrected chi connectivity index (χ4v) is 7.17. The first-order valence-electron chi connectivity index (χ1n) is 16.7. The summed E-state index contributed by atoms with van der Waals surface area (Å²) in [6, 6.07) is 57.7. The molecular weight excluding hydrogens is 599 g/mol. The number of aliphatic imine (C=N–C) groups is 1. The third kappa shape index (κ3) is 5.02. The molecule has 0 bridgehead atoms. The van der Waals surface area contributed by atoms with Gasteiger partial charge in [0.1, 0.15) is 17.3 Å². The maximum Gasteiger partial charge on any atom is 0.143 e. The lowest BCUT2D eigenvalue weighted by Crippen LogP contribution is -2.14. The van der Waals surface area contributed by atoms with E-state index in [4.69, 9.17) is 9.41 Å². The van der Waals surface area contributed by atoms with Gasteiger partial charge < -0.3 is 8.98 Å². The van der Waals surface area contributed by atoms with E-state index in [0.29, 0.717) is 0 Å². The number of furan rings is 1. The Balaban J connectivity index is 1.17. The first-order chi connectivity index (χ1) is 24.3. The van der Waals surface area contributed by atoms with Crippen molar-refractivity contribution in [3.63, 3.8) is 0 Å². The van der Waals surface area contributed by atoms with Crippen LogP contribution < -0.4 is 5.32 Å². The van der Waals surface area contributed by atoms with Gasteiger partial charge >= 0.3 is 0 Å². The molecule has 0 saturated carbocycles. The van der Waals surface area contributed by atoms with Gasteiger partial charge in [0, 0.05) is 44.6 Å². The summed E-state index contributed by atoms with van der Waals surface area (Å²) >= 11 is 0. The number of benzene rings is 7. The van der Waals surface area contributed by atoms with Crippen LogP contribution in [0.25, 0.3) is 71.7 Å². The molecule has 2 aromatic heterocycles. The van der Waals surface area contributed by atoms with E-state index in [1.165, 1.54) is 10.8 Å². The molecule has 9 aromatic rings. The quantitative estimate of drug-likeness (QED) is 0.178. The summed E-state index contributed by atoms with van der Waals surface area (Å²) in [6.07, 6.45) is 1.76. The zero-order valence-electron chi connectivity index (χ0n) is 27.0. The molecule has 0 radical (unpaired) electrons. The van der Waals surface area contributed by atoms with Crippen molar-refractivity contribution in [3.05, 3.63) is 175 Å². The molecule has 9 rings (SSSR count).